The highest BCUT2D eigenvalue weighted by Gasteiger charge is 2.14. The fraction of sp³-hybridized carbons (Fsp3) is 0.286. The van der Waals surface area contributed by atoms with E-state index in [1.165, 1.54) is 0 Å². The van der Waals surface area contributed by atoms with Gasteiger partial charge in [-0.3, -0.25) is 0 Å². The summed E-state index contributed by atoms with van der Waals surface area (Å²) in [4.78, 5) is 4.44. The summed E-state index contributed by atoms with van der Waals surface area (Å²) in [5.74, 6) is 0.389. The maximum absolute atomic E-state index is 8.86. The lowest BCUT2D eigenvalue weighted by Gasteiger charge is -2.15. The molecule has 1 aromatic carbocycles. The normalized spacial score (nSPS) is 13.5. The highest BCUT2D eigenvalue weighted by molar-refractivity contribution is 6.02. The summed E-state index contributed by atoms with van der Waals surface area (Å²) in [6.45, 7) is 3.97. The summed E-state index contributed by atoms with van der Waals surface area (Å²) < 4.78 is 5.74. The Bertz CT molecular complexity index is 611. The van der Waals surface area contributed by atoms with E-state index in [1.54, 1.807) is 0 Å². The van der Waals surface area contributed by atoms with Crippen LogP contribution in [0.15, 0.2) is 35.5 Å². The van der Waals surface area contributed by atoms with Gasteiger partial charge < -0.3 is 15.7 Å². The molecule has 0 aliphatic heterocycles. The molecule has 1 aromatic heterocycles. The molecule has 0 fully saturated rings. The van der Waals surface area contributed by atoms with E-state index in [0.29, 0.717) is 11.4 Å². The Morgan fingerprint density at radius 2 is 2.21 bits per heavy atom. The Kier molecular flexibility index (Phi) is 3.85. The molecule has 1 heterocycles. The number of amidine groups is 1. The second-order valence-corrected chi connectivity index (χ2v) is 4.36. The van der Waals surface area contributed by atoms with Crippen molar-refractivity contribution in [2.75, 3.05) is 0 Å². The Labute approximate surface area is 111 Å². The van der Waals surface area contributed by atoms with Crippen LogP contribution in [-0.2, 0) is 0 Å². The first-order valence-corrected chi connectivity index (χ1v) is 6.20. The standard InChI is InChI=1S/C14H17N3O2/c1-3-9(2)19-14-11(13(15)17-18)8-10-6-4-5-7-12(10)16-14/h4-9,18H,3H2,1-2H3,(H2,15,17). The van der Waals surface area contributed by atoms with Crippen LogP contribution in [-0.4, -0.2) is 22.1 Å². The molecule has 2 aromatic rings. The van der Waals surface area contributed by atoms with Crippen LogP contribution >= 0.6 is 0 Å². The molecule has 0 saturated carbocycles. The van der Waals surface area contributed by atoms with Gasteiger partial charge in [-0.15, -0.1) is 0 Å². The van der Waals surface area contributed by atoms with Crippen LogP contribution in [0.25, 0.3) is 10.9 Å². The van der Waals surface area contributed by atoms with Crippen molar-refractivity contribution in [2.24, 2.45) is 10.9 Å². The summed E-state index contributed by atoms with van der Waals surface area (Å²) in [7, 11) is 0. The lowest BCUT2D eigenvalue weighted by molar-refractivity contribution is 0.209. The molecule has 19 heavy (non-hydrogen) atoms. The zero-order chi connectivity index (χ0) is 13.8. The van der Waals surface area contributed by atoms with E-state index in [2.05, 4.69) is 10.1 Å². The van der Waals surface area contributed by atoms with Gasteiger partial charge in [0.2, 0.25) is 5.88 Å². The number of para-hydroxylation sites is 1. The van der Waals surface area contributed by atoms with E-state index < -0.39 is 0 Å². The van der Waals surface area contributed by atoms with E-state index in [4.69, 9.17) is 15.7 Å². The number of rotatable bonds is 4. The third-order valence-corrected chi connectivity index (χ3v) is 2.96. The van der Waals surface area contributed by atoms with Gasteiger partial charge in [0.25, 0.3) is 0 Å². The number of ether oxygens (including phenoxy) is 1. The highest BCUT2D eigenvalue weighted by atomic mass is 16.5. The molecule has 0 spiro atoms. The Morgan fingerprint density at radius 1 is 1.47 bits per heavy atom. The van der Waals surface area contributed by atoms with Gasteiger partial charge in [0, 0.05) is 5.39 Å². The second-order valence-electron chi connectivity index (χ2n) is 4.36. The van der Waals surface area contributed by atoms with Crippen LogP contribution in [0, 0.1) is 0 Å². The molecule has 5 heteroatoms. The van der Waals surface area contributed by atoms with Crippen molar-refractivity contribution in [1.82, 2.24) is 4.98 Å². The van der Waals surface area contributed by atoms with E-state index >= 15 is 0 Å². The van der Waals surface area contributed by atoms with Crippen LogP contribution in [0.5, 0.6) is 5.88 Å². The van der Waals surface area contributed by atoms with Gasteiger partial charge in [-0.2, -0.15) is 0 Å². The number of nitrogens with two attached hydrogens (primary N) is 1. The quantitative estimate of drug-likeness (QED) is 0.382. The van der Waals surface area contributed by atoms with Crippen molar-refractivity contribution in [1.29, 1.82) is 0 Å². The second kappa shape index (κ2) is 5.56. The predicted octanol–water partition coefficient (Wildman–Crippen LogP) is 2.51. The minimum atomic E-state index is -0.00319. The van der Waals surface area contributed by atoms with Gasteiger partial charge in [0.1, 0.15) is 0 Å². The summed E-state index contributed by atoms with van der Waals surface area (Å²) in [5.41, 5.74) is 7.00. The van der Waals surface area contributed by atoms with Crippen LogP contribution in [0.4, 0.5) is 0 Å². The van der Waals surface area contributed by atoms with Crippen LogP contribution < -0.4 is 10.5 Å². The molecule has 0 saturated heterocycles. The monoisotopic (exact) mass is 259 g/mol. The first kappa shape index (κ1) is 13.1. The van der Waals surface area contributed by atoms with Crippen molar-refractivity contribution >= 4 is 16.7 Å². The van der Waals surface area contributed by atoms with Gasteiger partial charge >= 0.3 is 0 Å². The Balaban J connectivity index is 2.57. The van der Waals surface area contributed by atoms with Gasteiger partial charge in [-0.25, -0.2) is 4.98 Å². The first-order chi connectivity index (χ1) is 9.15. The predicted molar refractivity (Wildman–Crippen MR) is 74.6 cm³/mol. The molecule has 3 N–H and O–H groups in total. The molecule has 2 rings (SSSR count). The molecule has 5 nitrogen and oxygen atoms in total. The van der Waals surface area contributed by atoms with Crippen molar-refractivity contribution in [3.8, 4) is 5.88 Å². The number of hydrogen-bond acceptors (Lipinski definition) is 4. The average Bonchev–Trinajstić information content (AvgIpc) is 2.45. The number of hydrogen-bond donors (Lipinski definition) is 2. The van der Waals surface area contributed by atoms with Gasteiger partial charge in [0.05, 0.1) is 17.2 Å². The van der Waals surface area contributed by atoms with E-state index in [-0.39, 0.29) is 11.9 Å². The minimum Gasteiger partial charge on any atom is -0.474 e. The van der Waals surface area contributed by atoms with Crippen LogP contribution in [0.3, 0.4) is 0 Å². The molecule has 1 atom stereocenters. The topological polar surface area (TPSA) is 80.7 Å². The molecule has 1 unspecified atom stereocenters. The number of benzene rings is 1. The molecule has 0 amide bonds. The Hall–Kier alpha value is -2.30. The average molecular weight is 259 g/mol. The van der Waals surface area contributed by atoms with E-state index in [9.17, 15) is 0 Å². The fourth-order valence-electron chi connectivity index (χ4n) is 1.70. The fourth-order valence-corrected chi connectivity index (χ4v) is 1.70. The molecule has 0 aliphatic rings. The number of pyridine rings is 1. The third-order valence-electron chi connectivity index (χ3n) is 2.96. The zero-order valence-electron chi connectivity index (χ0n) is 11.0. The minimum absolute atomic E-state index is 0.00319. The number of oxime groups is 1. The highest BCUT2D eigenvalue weighted by Crippen LogP contribution is 2.23. The van der Waals surface area contributed by atoms with Crippen molar-refractivity contribution in [3.05, 3.63) is 35.9 Å². The third kappa shape index (κ3) is 2.76. The maximum atomic E-state index is 8.86. The van der Waals surface area contributed by atoms with E-state index in [0.717, 1.165) is 17.3 Å². The number of nitrogens with zero attached hydrogens (tertiary/aromatic N) is 2. The van der Waals surface area contributed by atoms with Crippen LogP contribution in [0.2, 0.25) is 0 Å². The van der Waals surface area contributed by atoms with Gasteiger partial charge in [-0.1, -0.05) is 30.3 Å². The SMILES string of the molecule is CCC(C)Oc1nc2ccccc2cc1C(N)=NO. The molecular formula is C14H17N3O2. The van der Waals surface area contributed by atoms with Crippen molar-refractivity contribution in [2.45, 2.75) is 26.4 Å². The van der Waals surface area contributed by atoms with Gasteiger partial charge in [-0.05, 0) is 25.5 Å². The van der Waals surface area contributed by atoms with Crippen LogP contribution in [0.1, 0.15) is 25.8 Å². The molecule has 0 bridgehead atoms. The molecular weight excluding hydrogens is 242 g/mol. The summed E-state index contributed by atoms with van der Waals surface area (Å²) in [6.07, 6.45) is 0.864. The van der Waals surface area contributed by atoms with Crippen molar-refractivity contribution < 1.29 is 9.94 Å². The van der Waals surface area contributed by atoms with E-state index in [1.807, 2.05) is 44.2 Å². The summed E-state index contributed by atoms with van der Waals surface area (Å²) >= 11 is 0. The largest absolute Gasteiger partial charge is 0.474 e. The number of aromatic nitrogens is 1. The Morgan fingerprint density at radius 3 is 2.89 bits per heavy atom. The lowest BCUT2D eigenvalue weighted by atomic mass is 10.1. The molecule has 100 valence electrons. The molecule has 0 aliphatic carbocycles. The summed E-state index contributed by atoms with van der Waals surface area (Å²) in [6, 6.07) is 9.45. The zero-order valence-corrected chi connectivity index (χ0v) is 11.0. The number of fused-ring (bicyclic) bond motifs is 1. The van der Waals surface area contributed by atoms with Crippen molar-refractivity contribution in [3.63, 3.8) is 0 Å². The summed E-state index contributed by atoms with van der Waals surface area (Å²) in [5, 5.41) is 12.8. The lowest BCUT2D eigenvalue weighted by Crippen LogP contribution is -2.19. The smallest absolute Gasteiger partial charge is 0.225 e. The maximum Gasteiger partial charge on any atom is 0.225 e. The van der Waals surface area contributed by atoms with Gasteiger partial charge in [0.15, 0.2) is 5.84 Å². The first-order valence-electron chi connectivity index (χ1n) is 6.20. The molecule has 0 radical (unpaired) electrons.